The zero-order valence-electron chi connectivity index (χ0n) is 8.91. The van der Waals surface area contributed by atoms with Gasteiger partial charge < -0.3 is 4.74 Å². The Hall–Kier alpha value is -1.25. The van der Waals surface area contributed by atoms with Gasteiger partial charge in [-0.05, 0) is 11.1 Å². The molecule has 0 aromatic heterocycles. The lowest BCUT2D eigenvalue weighted by Gasteiger charge is -2.12. The van der Waals surface area contributed by atoms with E-state index in [1.807, 2.05) is 60.7 Å². The fourth-order valence-electron chi connectivity index (χ4n) is 1.46. The molecule has 0 heterocycles. The first-order chi connectivity index (χ1) is 7.86. The van der Waals surface area contributed by atoms with Gasteiger partial charge in [0.05, 0.1) is 6.61 Å². The topological polar surface area (TPSA) is 9.23 Å². The zero-order valence-corrected chi connectivity index (χ0v) is 9.81. The Morgan fingerprint density at radius 2 is 1.44 bits per heavy atom. The van der Waals surface area contributed by atoms with Gasteiger partial charge in [0, 0.05) is 0 Å². The molecule has 0 N–H and O–H groups in total. The highest BCUT2D eigenvalue weighted by molar-refractivity contribution is 7.80. The average molecular weight is 230 g/mol. The molecule has 0 bridgehead atoms. The summed E-state index contributed by atoms with van der Waals surface area (Å²) in [5, 5.41) is 0. The highest BCUT2D eigenvalue weighted by Crippen LogP contribution is 2.22. The van der Waals surface area contributed by atoms with Crippen molar-refractivity contribution in [2.75, 3.05) is 0 Å². The Labute approximate surface area is 101 Å². The van der Waals surface area contributed by atoms with Gasteiger partial charge in [0.1, 0.15) is 5.44 Å². The first kappa shape index (κ1) is 11.2. The second-order valence-electron chi connectivity index (χ2n) is 3.56. The van der Waals surface area contributed by atoms with Crippen molar-refractivity contribution in [3.05, 3.63) is 71.8 Å². The molecule has 2 aromatic carbocycles. The second kappa shape index (κ2) is 5.73. The van der Waals surface area contributed by atoms with Crippen LogP contribution in [0.2, 0.25) is 0 Å². The smallest absolute Gasteiger partial charge is 0.126 e. The normalized spacial score (nSPS) is 12.3. The first-order valence-electron chi connectivity index (χ1n) is 5.25. The van der Waals surface area contributed by atoms with Crippen molar-refractivity contribution < 1.29 is 4.74 Å². The lowest BCUT2D eigenvalue weighted by Crippen LogP contribution is -1.97. The molecule has 0 aliphatic rings. The first-order valence-corrected chi connectivity index (χ1v) is 5.76. The number of rotatable bonds is 4. The van der Waals surface area contributed by atoms with Crippen LogP contribution in [0.4, 0.5) is 0 Å². The van der Waals surface area contributed by atoms with Gasteiger partial charge in [-0.2, -0.15) is 0 Å². The maximum Gasteiger partial charge on any atom is 0.126 e. The summed E-state index contributed by atoms with van der Waals surface area (Å²) in [5.74, 6) is 0. The number of benzene rings is 2. The summed E-state index contributed by atoms with van der Waals surface area (Å²) >= 11 is 4.43. The molecule has 1 unspecified atom stereocenters. The van der Waals surface area contributed by atoms with Gasteiger partial charge in [-0.15, -0.1) is 12.6 Å². The van der Waals surface area contributed by atoms with E-state index in [4.69, 9.17) is 4.74 Å². The fraction of sp³-hybridized carbons (Fsp3) is 0.143. The van der Waals surface area contributed by atoms with Gasteiger partial charge in [0.2, 0.25) is 0 Å². The van der Waals surface area contributed by atoms with Crippen molar-refractivity contribution >= 4 is 12.6 Å². The van der Waals surface area contributed by atoms with Crippen LogP contribution in [0.1, 0.15) is 16.6 Å². The van der Waals surface area contributed by atoms with Crippen molar-refractivity contribution in [1.82, 2.24) is 0 Å². The largest absolute Gasteiger partial charge is 0.358 e. The predicted molar refractivity (Wildman–Crippen MR) is 69.4 cm³/mol. The Balaban J connectivity index is 1.92. The van der Waals surface area contributed by atoms with Crippen LogP contribution in [0.3, 0.4) is 0 Å². The quantitative estimate of drug-likeness (QED) is 0.620. The molecule has 1 nitrogen and oxygen atoms in total. The van der Waals surface area contributed by atoms with E-state index in [0.717, 1.165) is 11.1 Å². The average Bonchev–Trinajstić information content (AvgIpc) is 2.38. The molecule has 0 amide bonds. The number of ether oxygens (including phenoxy) is 1. The molecular weight excluding hydrogens is 216 g/mol. The van der Waals surface area contributed by atoms with Gasteiger partial charge in [0.25, 0.3) is 0 Å². The molecule has 2 aromatic rings. The van der Waals surface area contributed by atoms with Gasteiger partial charge in [0.15, 0.2) is 0 Å². The minimum absolute atomic E-state index is 0.165. The standard InChI is InChI=1S/C14H14OS/c16-14(13-9-5-2-6-10-13)15-11-12-7-3-1-4-8-12/h1-10,14,16H,11H2. The highest BCUT2D eigenvalue weighted by atomic mass is 32.1. The summed E-state index contributed by atoms with van der Waals surface area (Å²) in [5.41, 5.74) is 2.08. The van der Waals surface area contributed by atoms with E-state index in [1.54, 1.807) is 0 Å². The summed E-state index contributed by atoms with van der Waals surface area (Å²) in [6.07, 6.45) is 0. The lowest BCUT2D eigenvalue weighted by molar-refractivity contribution is 0.101. The van der Waals surface area contributed by atoms with E-state index < -0.39 is 0 Å². The van der Waals surface area contributed by atoms with Crippen LogP contribution in [0.15, 0.2) is 60.7 Å². The van der Waals surface area contributed by atoms with Gasteiger partial charge in [-0.1, -0.05) is 60.7 Å². The van der Waals surface area contributed by atoms with E-state index >= 15 is 0 Å². The van der Waals surface area contributed by atoms with Crippen molar-refractivity contribution in [3.8, 4) is 0 Å². The maximum atomic E-state index is 5.68. The van der Waals surface area contributed by atoms with Crippen LogP contribution in [0.25, 0.3) is 0 Å². The summed E-state index contributed by atoms with van der Waals surface area (Å²) < 4.78 is 5.68. The van der Waals surface area contributed by atoms with Gasteiger partial charge in [-0.25, -0.2) is 0 Å². The maximum absolute atomic E-state index is 5.68. The molecule has 0 fully saturated rings. The van der Waals surface area contributed by atoms with Gasteiger partial charge in [-0.3, -0.25) is 0 Å². The van der Waals surface area contributed by atoms with Crippen molar-refractivity contribution in [2.45, 2.75) is 12.0 Å². The third-order valence-corrected chi connectivity index (χ3v) is 2.78. The van der Waals surface area contributed by atoms with Crippen LogP contribution < -0.4 is 0 Å². The SMILES string of the molecule is SC(OCc1ccccc1)c1ccccc1. The minimum Gasteiger partial charge on any atom is -0.358 e. The highest BCUT2D eigenvalue weighted by Gasteiger charge is 2.05. The van der Waals surface area contributed by atoms with Crippen LogP contribution in [0, 0.1) is 0 Å². The summed E-state index contributed by atoms with van der Waals surface area (Å²) in [6, 6.07) is 20.1. The summed E-state index contributed by atoms with van der Waals surface area (Å²) in [6.45, 7) is 0.587. The molecule has 16 heavy (non-hydrogen) atoms. The zero-order chi connectivity index (χ0) is 11.2. The monoisotopic (exact) mass is 230 g/mol. The second-order valence-corrected chi connectivity index (χ2v) is 4.03. The number of hydrogen-bond donors (Lipinski definition) is 1. The third-order valence-electron chi connectivity index (χ3n) is 2.34. The molecule has 0 saturated heterocycles. The van der Waals surface area contributed by atoms with E-state index in [0.29, 0.717) is 6.61 Å². The molecule has 0 radical (unpaired) electrons. The molecule has 2 heteroatoms. The predicted octanol–water partition coefficient (Wildman–Crippen LogP) is 3.83. The molecule has 2 rings (SSSR count). The minimum atomic E-state index is -0.165. The van der Waals surface area contributed by atoms with Crippen LogP contribution >= 0.6 is 12.6 Å². The van der Waals surface area contributed by atoms with Crippen molar-refractivity contribution in [1.29, 1.82) is 0 Å². The van der Waals surface area contributed by atoms with E-state index in [1.165, 1.54) is 0 Å². The molecular formula is C14H14OS. The Bertz CT molecular complexity index is 413. The van der Waals surface area contributed by atoms with Crippen LogP contribution in [-0.4, -0.2) is 0 Å². The molecule has 0 aliphatic heterocycles. The Kier molecular flexibility index (Phi) is 4.03. The number of thiol groups is 1. The van der Waals surface area contributed by atoms with Crippen molar-refractivity contribution in [3.63, 3.8) is 0 Å². The fourth-order valence-corrected chi connectivity index (χ4v) is 1.71. The van der Waals surface area contributed by atoms with Crippen LogP contribution in [0.5, 0.6) is 0 Å². The Morgan fingerprint density at radius 1 is 0.875 bits per heavy atom. The van der Waals surface area contributed by atoms with Gasteiger partial charge >= 0.3 is 0 Å². The van der Waals surface area contributed by atoms with Crippen LogP contribution in [-0.2, 0) is 11.3 Å². The summed E-state index contributed by atoms with van der Waals surface area (Å²) in [4.78, 5) is 0. The number of hydrogen-bond acceptors (Lipinski definition) is 2. The molecule has 0 saturated carbocycles. The molecule has 0 aliphatic carbocycles. The van der Waals surface area contributed by atoms with Crippen molar-refractivity contribution in [2.24, 2.45) is 0 Å². The van der Waals surface area contributed by atoms with E-state index in [2.05, 4.69) is 12.6 Å². The van der Waals surface area contributed by atoms with E-state index in [-0.39, 0.29) is 5.44 Å². The molecule has 82 valence electrons. The molecule has 1 atom stereocenters. The van der Waals surface area contributed by atoms with E-state index in [9.17, 15) is 0 Å². The lowest BCUT2D eigenvalue weighted by atomic mass is 10.2. The summed E-state index contributed by atoms with van der Waals surface area (Å²) in [7, 11) is 0. The Morgan fingerprint density at radius 3 is 2.06 bits per heavy atom. The molecule has 0 spiro atoms. The third kappa shape index (κ3) is 3.12.